The van der Waals surface area contributed by atoms with E-state index in [2.05, 4.69) is 4.90 Å². The van der Waals surface area contributed by atoms with Gasteiger partial charge in [0.15, 0.2) is 0 Å². The second-order valence-corrected chi connectivity index (χ2v) is 7.02. The van der Waals surface area contributed by atoms with Crippen molar-refractivity contribution < 1.29 is 19.4 Å². The number of benzene rings is 1. The fraction of sp³-hybridized carbons (Fsp3) is 0.556. The Morgan fingerprint density at radius 1 is 1.40 bits per heavy atom. The van der Waals surface area contributed by atoms with Crippen LogP contribution in [-0.2, 0) is 4.79 Å². The second kappa shape index (κ2) is 8.54. The standard InChI is InChI=1S/C18H25ClN2O4/c1-20(2)15-8-9-21(11-13(15)5-7-17(22)23)18(24)12-4-6-16(25-3)14(19)10-12/h4,6,10,13,15H,5,7-9,11H2,1-3H3,(H,22,23)/t13-,15+/m1/s1. The van der Waals surface area contributed by atoms with Gasteiger partial charge in [0.1, 0.15) is 5.75 Å². The molecule has 1 fully saturated rings. The highest BCUT2D eigenvalue weighted by Crippen LogP contribution is 2.28. The Morgan fingerprint density at radius 2 is 2.12 bits per heavy atom. The number of nitrogens with zero attached hydrogens (tertiary/aromatic N) is 2. The van der Waals surface area contributed by atoms with Gasteiger partial charge in [-0.25, -0.2) is 0 Å². The van der Waals surface area contributed by atoms with Gasteiger partial charge in [0.2, 0.25) is 0 Å². The lowest BCUT2D eigenvalue weighted by Crippen LogP contribution is -2.50. The molecule has 1 heterocycles. The highest BCUT2D eigenvalue weighted by atomic mass is 35.5. The third kappa shape index (κ3) is 4.86. The zero-order valence-electron chi connectivity index (χ0n) is 14.9. The maximum Gasteiger partial charge on any atom is 0.303 e. The molecule has 7 heteroatoms. The molecule has 0 bridgehead atoms. The lowest BCUT2D eigenvalue weighted by atomic mass is 9.87. The van der Waals surface area contributed by atoms with Crippen LogP contribution in [0.4, 0.5) is 0 Å². The van der Waals surface area contributed by atoms with E-state index < -0.39 is 5.97 Å². The van der Waals surface area contributed by atoms with Crippen molar-refractivity contribution in [3.05, 3.63) is 28.8 Å². The normalized spacial score (nSPS) is 20.6. The summed E-state index contributed by atoms with van der Waals surface area (Å²) in [5.74, 6) is -0.216. The Balaban J connectivity index is 2.12. The van der Waals surface area contributed by atoms with Gasteiger partial charge in [0.25, 0.3) is 5.91 Å². The van der Waals surface area contributed by atoms with E-state index in [-0.39, 0.29) is 24.3 Å². The highest BCUT2D eigenvalue weighted by Gasteiger charge is 2.33. The van der Waals surface area contributed by atoms with Crippen LogP contribution in [0.15, 0.2) is 18.2 Å². The van der Waals surface area contributed by atoms with E-state index in [0.717, 1.165) is 6.42 Å². The molecule has 138 valence electrons. The van der Waals surface area contributed by atoms with Crippen LogP contribution in [0.2, 0.25) is 5.02 Å². The SMILES string of the molecule is COc1ccc(C(=O)N2CC[C@H](N(C)C)[C@H](CCC(=O)O)C2)cc1Cl. The van der Waals surface area contributed by atoms with Crippen molar-refractivity contribution >= 4 is 23.5 Å². The first-order chi connectivity index (χ1) is 11.8. The van der Waals surface area contributed by atoms with Crippen LogP contribution in [-0.4, -0.2) is 67.1 Å². The number of hydrogen-bond acceptors (Lipinski definition) is 4. The molecule has 0 aliphatic carbocycles. The molecule has 25 heavy (non-hydrogen) atoms. The van der Waals surface area contributed by atoms with Gasteiger partial charge in [-0.2, -0.15) is 0 Å². The lowest BCUT2D eigenvalue weighted by Gasteiger charge is -2.41. The van der Waals surface area contributed by atoms with Crippen molar-refractivity contribution in [3.8, 4) is 5.75 Å². The maximum absolute atomic E-state index is 12.8. The summed E-state index contributed by atoms with van der Waals surface area (Å²) in [6.07, 6.45) is 1.50. The second-order valence-electron chi connectivity index (χ2n) is 6.61. The zero-order chi connectivity index (χ0) is 18.6. The Morgan fingerprint density at radius 3 is 2.68 bits per heavy atom. The number of ether oxygens (including phenoxy) is 1. The number of methoxy groups -OCH3 is 1. The first kappa shape index (κ1) is 19.5. The molecule has 1 N–H and O–H groups in total. The Bertz CT molecular complexity index is 636. The number of likely N-dealkylation sites (tertiary alicyclic amines) is 1. The topological polar surface area (TPSA) is 70.1 Å². The monoisotopic (exact) mass is 368 g/mol. The minimum Gasteiger partial charge on any atom is -0.495 e. The Kier molecular flexibility index (Phi) is 6.67. The number of rotatable bonds is 6. The van der Waals surface area contributed by atoms with Crippen LogP contribution in [0.5, 0.6) is 5.75 Å². The minimum atomic E-state index is -0.803. The van der Waals surface area contributed by atoms with E-state index in [9.17, 15) is 9.59 Å². The van der Waals surface area contributed by atoms with Crippen LogP contribution < -0.4 is 4.74 Å². The molecule has 2 atom stereocenters. The van der Waals surface area contributed by atoms with E-state index >= 15 is 0 Å². The summed E-state index contributed by atoms with van der Waals surface area (Å²) >= 11 is 6.12. The third-order valence-electron chi connectivity index (χ3n) is 4.77. The smallest absolute Gasteiger partial charge is 0.303 e. The van der Waals surface area contributed by atoms with Gasteiger partial charge in [-0.05, 0) is 51.1 Å². The predicted octanol–water partition coefficient (Wildman–Crippen LogP) is 2.61. The molecule has 1 aromatic carbocycles. The van der Waals surface area contributed by atoms with Gasteiger partial charge in [0.05, 0.1) is 12.1 Å². The van der Waals surface area contributed by atoms with Crippen molar-refractivity contribution in [2.45, 2.75) is 25.3 Å². The molecule has 1 aromatic rings. The molecule has 0 saturated carbocycles. The number of carbonyl (C=O) groups excluding carboxylic acids is 1. The van der Waals surface area contributed by atoms with Crippen LogP contribution in [0.3, 0.4) is 0 Å². The van der Waals surface area contributed by atoms with Crippen LogP contribution in [0.1, 0.15) is 29.6 Å². The van der Waals surface area contributed by atoms with Crippen molar-refractivity contribution in [1.29, 1.82) is 0 Å². The van der Waals surface area contributed by atoms with Gasteiger partial charge in [0, 0.05) is 31.1 Å². The van der Waals surface area contributed by atoms with Crippen molar-refractivity contribution in [2.75, 3.05) is 34.3 Å². The summed E-state index contributed by atoms with van der Waals surface area (Å²) in [4.78, 5) is 27.7. The molecule has 0 aromatic heterocycles. The molecule has 1 aliphatic rings. The van der Waals surface area contributed by atoms with E-state index in [1.54, 1.807) is 23.1 Å². The molecule has 6 nitrogen and oxygen atoms in total. The number of carboxylic acid groups (broad SMARTS) is 1. The highest BCUT2D eigenvalue weighted by molar-refractivity contribution is 6.32. The number of carboxylic acids is 1. The van der Waals surface area contributed by atoms with Gasteiger partial charge in [-0.3, -0.25) is 9.59 Å². The van der Waals surface area contributed by atoms with Crippen molar-refractivity contribution in [3.63, 3.8) is 0 Å². The fourth-order valence-electron chi connectivity index (χ4n) is 3.46. The largest absolute Gasteiger partial charge is 0.495 e. The number of piperidine rings is 1. The number of amides is 1. The molecule has 1 saturated heterocycles. The first-order valence-corrected chi connectivity index (χ1v) is 8.72. The van der Waals surface area contributed by atoms with Gasteiger partial charge >= 0.3 is 5.97 Å². The summed E-state index contributed by atoms with van der Waals surface area (Å²) in [7, 11) is 5.53. The van der Waals surface area contributed by atoms with E-state index in [0.29, 0.717) is 35.8 Å². The molecule has 2 rings (SSSR count). The Labute approximate surface area is 153 Å². The number of aliphatic carboxylic acids is 1. The van der Waals surface area contributed by atoms with Crippen LogP contribution >= 0.6 is 11.6 Å². The van der Waals surface area contributed by atoms with Gasteiger partial charge in [-0.1, -0.05) is 11.6 Å². The number of halogens is 1. The summed E-state index contributed by atoms with van der Waals surface area (Å²) in [5, 5.41) is 9.38. The number of hydrogen-bond donors (Lipinski definition) is 1. The zero-order valence-corrected chi connectivity index (χ0v) is 15.6. The summed E-state index contributed by atoms with van der Waals surface area (Å²) in [5.41, 5.74) is 0.520. The maximum atomic E-state index is 12.8. The Hall–Kier alpha value is -1.79. The van der Waals surface area contributed by atoms with Crippen molar-refractivity contribution in [2.24, 2.45) is 5.92 Å². The number of carbonyl (C=O) groups is 2. The quantitative estimate of drug-likeness (QED) is 0.835. The molecule has 0 spiro atoms. The molecule has 1 aliphatic heterocycles. The van der Waals surface area contributed by atoms with Crippen LogP contribution in [0, 0.1) is 5.92 Å². The molecule has 1 amide bonds. The van der Waals surface area contributed by atoms with E-state index in [4.69, 9.17) is 21.4 Å². The first-order valence-electron chi connectivity index (χ1n) is 8.34. The third-order valence-corrected chi connectivity index (χ3v) is 5.07. The van der Waals surface area contributed by atoms with E-state index in [1.807, 2.05) is 14.1 Å². The molecular weight excluding hydrogens is 344 g/mol. The van der Waals surface area contributed by atoms with Crippen LogP contribution in [0.25, 0.3) is 0 Å². The predicted molar refractivity (Wildman–Crippen MR) is 96.4 cm³/mol. The summed E-state index contributed by atoms with van der Waals surface area (Å²) in [6.45, 7) is 1.20. The van der Waals surface area contributed by atoms with Crippen molar-refractivity contribution in [1.82, 2.24) is 9.80 Å². The van der Waals surface area contributed by atoms with E-state index in [1.165, 1.54) is 7.11 Å². The molecule has 0 radical (unpaired) electrons. The average Bonchev–Trinajstić information content (AvgIpc) is 2.58. The molecule has 0 unspecified atom stereocenters. The lowest BCUT2D eigenvalue weighted by molar-refractivity contribution is -0.137. The average molecular weight is 369 g/mol. The molecular formula is C18H25ClN2O4. The van der Waals surface area contributed by atoms with Gasteiger partial charge in [-0.15, -0.1) is 0 Å². The summed E-state index contributed by atoms with van der Waals surface area (Å²) < 4.78 is 5.12. The van der Waals surface area contributed by atoms with Gasteiger partial charge < -0.3 is 19.6 Å². The fourth-order valence-corrected chi connectivity index (χ4v) is 3.72. The summed E-state index contributed by atoms with van der Waals surface area (Å²) in [6, 6.07) is 5.29. The minimum absolute atomic E-state index is 0.0814.